The van der Waals surface area contributed by atoms with E-state index in [-0.39, 0.29) is 24.2 Å². The molecule has 116 valence electrons. The standard InChI is InChI=1S/C16H23N3O.ClH/c20-16(14-10-17-11-14)18-12-13-6-2-3-7-15(13)19-8-4-1-5-9-19;/h2-3,6-7,14,17H,1,4-5,8-12H2,(H,18,20);1H. The number of hydrogen-bond donors (Lipinski definition) is 2. The van der Waals surface area contributed by atoms with Gasteiger partial charge >= 0.3 is 0 Å². The minimum atomic E-state index is 0. The molecule has 0 aliphatic carbocycles. The second-order valence-electron chi connectivity index (χ2n) is 5.75. The molecule has 0 atom stereocenters. The van der Waals surface area contributed by atoms with Crippen LogP contribution in [0.4, 0.5) is 5.69 Å². The zero-order valence-corrected chi connectivity index (χ0v) is 13.1. The number of piperidine rings is 1. The van der Waals surface area contributed by atoms with Crippen molar-refractivity contribution in [1.82, 2.24) is 10.6 Å². The van der Waals surface area contributed by atoms with Crippen molar-refractivity contribution in [3.05, 3.63) is 29.8 Å². The number of benzene rings is 1. The van der Waals surface area contributed by atoms with Gasteiger partial charge in [0.15, 0.2) is 0 Å². The van der Waals surface area contributed by atoms with Gasteiger partial charge in [-0.3, -0.25) is 4.79 Å². The van der Waals surface area contributed by atoms with Crippen molar-refractivity contribution in [2.24, 2.45) is 5.92 Å². The largest absolute Gasteiger partial charge is 0.371 e. The van der Waals surface area contributed by atoms with Crippen molar-refractivity contribution in [3.63, 3.8) is 0 Å². The van der Waals surface area contributed by atoms with Gasteiger partial charge in [0.1, 0.15) is 0 Å². The summed E-state index contributed by atoms with van der Waals surface area (Å²) in [4.78, 5) is 14.4. The Morgan fingerprint density at radius 1 is 1.19 bits per heavy atom. The lowest BCUT2D eigenvalue weighted by molar-refractivity contribution is -0.126. The molecule has 2 aliphatic rings. The zero-order valence-electron chi connectivity index (χ0n) is 12.3. The fourth-order valence-corrected chi connectivity index (χ4v) is 2.90. The third-order valence-electron chi connectivity index (χ3n) is 4.29. The van der Waals surface area contributed by atoms with Gasteiger partial charge in [0.2, 0.25) is 5.91 Å². The molecule has 0 radical (unpaired) electrons. The minimum absolute atomic E-state index is 0. The lowest BCUT2D eigenvalue weighted by Gasteiger charge is -2.31. The molecule has 0 bridgehead atoms. The molecule has 0 saturated carbocycles. The van der Waals surface area contributed by atoms with Gasteiger partial charge in [0, 0.05) is 38.4 Å². The molecule has 2 saturated heterocycles. The Bertz CT molecular complexity index is 470. The maximum atomic E-state index is 11.9. The summed E-state index contributed by atoms with van der Waals surface area (Å²) in [6, 6.07) is 8.45. The molecule has 2 aliphatic heterocycles. The van der Waals surface area contributed by atoms with Gasteiger partial charge in [-0.15, -0.1) is 12.4 Å². The first-order valence-electron chi connectivity index (χ1n) is 7.66. The molecule has 1 amide bonds. The summed E-state index contributed by atoms with van der Waals surface area (Å²) in [6.07, 6.45) is 3.88. The summed E-state index contributed by atoms with van der Waals surface area (Å²) in [5.74, 6) is 0.342. The van der Waals surface area contributed by atoms with Gasteiger partial charge in [0.25, 0.3) is 0 Å². The SMILES string of the molecule is Cl.O=C(NCc1ccccc1N1CCCCC1)C1CNC1. The van der Waals surface area contributed by atoms with E-state index in [1.54, 1.807) is 0 Å². The zero-order chi connectivity index (χ0) is 13.8. The number of halogens is 1. The summed E-state index contributed by atoms with van der Waals surface area (Å²) in [5, 5.41) is 6.21. The van der Waals surface area contributed by atoms with Gasteiger partial charge in [-0.1, -0.05) is 18.2 Å². The highest BCUT2D eigenvalue weighted by atomic mass is 35.5. The van der Waals surface area contributed by atoms with E-state index in [0.717, 1.165) is 26.2 Å². The molecule has 0 unspecified atom stereocenters. The van der Waals surface area contributed by atoms with Crippen molar-refractivity contribution >= 4 is 24.0 Å². The summed E-state index contributed by atoms with van der Waals surface area (Å²) in [6.45, 7) is 4.55. The number of amides is 1. The van der Waals surface area contributed by atoms with E-state index in [0.29, 0.717) is 6.54 Å². The highest BCUT2D eigenvalue weighted by molar-refractivity contribution is 5.85. The Morgan fingerprint density at radius 3 is 2.57 bits per heavy atom. The second kappa shape index (κ2) is 7.66. The van der Waals surface area contributed by atoms with E-state index in [2.05, 4.69) is 39.8 Å². The summed E-state index contributed by atoms with van der Waals surface area (Å²) < 4.78 is 0. The quantitative estimate of drug-likeness (QED) is 0.893. The fourth-order valence-electron chi connectivity index (χ4n) is 2.90. The van der Waals surface area contributed by atoms with Gasteiger partial charge in [-0.2, -0.15) is 0 Å². The predicted octanol–water partition coefficient (Wildman–Crippen LogP) is 1.93. The monoisotopic (exact) mass is 309 g/mol. The highest BCUT2D eigenvalue weighted by Gasteiger charge is 2.24. The summed E-state index contributed by atoms with van der Waals surface area (Å²) >= 11 is 0. The molecule has 1 aromatic carbocycles. The fraction of sp³-hybridized carbons (Fsp3) is 0.562. The van der Waals surface area contributed by atoms with Crippen LogP contribution in [0.25, 0.3) is 0 Å². The second-order valence-corrected chi connectivity index (χ2v) is 5.75. The average Bonchev–Trinajstić information content (AvgIpc) is 2.44. The molecule has 4 nitrogen and oxygen atoms in total. The number of rotatable bonds is 4. The molecule has 1 aromatic rings. The van der Waals surface area contributed by atoms with E-state index in [9.17, 15) is 4.79 Å². The van der Waals surface area contributed by atoms with Crippen molar-refractivity contribution in [3.8, 4) is 0 Å². The van der Waals surface area contributed by atoms with Crippen LogP contribution in [-0.2, 0) is 11.3 Å². The first-order valence-corrected chi connectivity index (χ1v) is 7.66. The molecule has 0 spiro atoms. The number of nitrogens with one attached hydrogen (secondary N) is 2. The van der Waals surface area contributed by atoms with Gasteiger partial charge in [0.05, 0.1) is 5.92 Å². The Balaban J connectivity index is 0.00000161. The molecular formula is C16H24ClN3O. The smallest absolute Gasteiger partial charge is 0.225 e. The predicted molar refractivity (Wildman–Crippen MR) is 88.0 cm³/mol. The molecule has 0 aromatic heterocycles. The normalized spacial score (nSPS) is 18.6. The van der Waals surface area contributed by atoms with Crippen LogP contribution in [-0.4, -0.2) is 32.1 Å². The topological polar surface area (TPSA) is 44.4 Å². The number of anilines is 1. The first-order chi connectivity index (χ1) is 9.84. The molecule has 2 heterocycles. The van der Waals surface area contributed by atoms with Crippen molar-refractivity contribution < 1.29 is 4.79 Å². The average molecular weight is 310 g/mol. The number of para-hydroxylation sites is 1. The summed E-state index contributed by atoms with van der Waals surface area (Å²) in [7, 11) is 0. The van der Waals surface area contributed by atoms with Crippen LogP contribution in [0.1, 0.15) is 24.8 Å². The third kappa shape index (κ3) is 3.89. The lowest BCUT2D eigenvalue weighted by atomic mass is 10.0. The van der Waals surface area contributed by atoms with E-state index in [4.69, 9.17) is 0 Å². The number of nitrogens with zero attached hydrogens (tertiary/aromatic N) is 1. The van der Waals surface area contributed by atoms with Gasteiger partial charge in [-0.25, -0.2) is 0 Å². The van der Waals surface area contributed by atoms with Crippen LogP contribution in [0.5, 0.6) is 0 Å². The Kier molecular flexibility index (Phi) is 5.88. The Labute approximate surface area is 132 Å². The molecular weight excluding hydrogens is 286 g/mol. The Morgan fingerprint density at radius 2 is 1.90 bits per heavy atom. The summed E-state index contributed by atoms with van der Waals surface area (Å²) in [5.41, 5.74) is 2.52. The molecule has 2 fully saturated rings. The van der Waals surface area contributed by atoms with Crippen molar-refractivity contribution in [1.29, 1.82) is 0 Å². The number of carbonyl (C=O) groups excluding carboxylic acids is 1. The van der Waals surface area contributed by atoms with E-state index >= 15 is 0 Å². The molecule has 21 heavy (non-hydrogen) atoms. The van der Waals surface area contributed by atoms with Gasteiger partial charge < -0.3 is 15.5 Å². The van der Waals surface area contributed by atoms with Crippen LogP contribution in [0.15, 0.2) is 24.3 Å². The minimum Gasteiger partial charge on any atom is -0.371 e. The lowest BCUT2D eigenvalue weighted by Crippen LogP contribution is -2.50. The van der Waals surface area contributed by atoms with Crippen LogP contribution in [0.2, 0.25) is 0 Å². The molecule has 3 rings (SSSR count). The van der Waals surface area contributed by atoms with Crippen molar-refractivity contribution in [2.45, 2.75) is 25.8 Å². The van der Waals surface area contributed by atoms with E-state index in [1.807, 2.05) is 0 Å². The molecule has 5 heteroatoms. The van der Waals surface area contributed by atoms with Crippen LogP contribution in [0, 0.1) is 5.92 Å². The van der Waals surface area contributed by atoms with Crippen molar-refractivity contribution in [2.75, 3.05) is 31.1 Å². The van der Waals surface area contributed by atoms with Gasteiger partial charge in [-0.05, 0) is 30.9 Å². The number of carbonyl (C=O) groups is 1. The third-order valence-corrected chi connectivity index (χ3v) is 4.29. The van der Waals surface area contributed by atoms with Crippen LogP contribution >= 0.6 is 12.4 Å². The maximum Gasteiger partial charge on any atom is 0.225 e. The van der Waals surface area contributed by atoms with Crippen LogP contribution < -0.4 is 15.5 Å². The maximum absolute atomic E-state index is 11.9. The highest BCUT2D eigenvalue weighted by Crippen LogP contribution is 2.24. The Hall–Kier alpha value is -1.26. The first kappa shape index (κ1) is 16.1. The number of hydrogen-bond acceptors (Lipinski definition) is 3. The van der Waals surface area contributed by atoms with E-state index < -0.39 is 0 Å². The molecule has 2 N–H and O–H groups in total. The van der Waals surface area contributed by atoms with E-state index in [1.165, 1.54) is 30.5 Å². The van der Waals surface area contributed by atoms with Crippen LogP contribution in [0.3, 0.4) is 0 Å².